The minimum absolute atomic E-state index is 0.0838. The third-order valence-electron chi connectivity index (χ3n) is 6.76. The van der Waals surface area contributed by atoms with E-state index in [1.54, 1.807) is 0 Å². The van der Waals surface area contributed by atoms with Gasteiger partial charge >= 0.3 is 0 Å². The van der Waals surface area contributed by atoms with E-state index in [1.807, 2.05) is 38.0 Å². The molecule has 32 heavy (non-hydrogen) atoms. The molecule has 1 saturated heterocycles. The number of nitrogens with one attached hydrogen (secondary N) is 1. The van der Waals surface area contributed by atoms with Gasteiger partial charge < -0.3 is 14.6 Å². The highest BCUT2D eigenvalue weighted by Gasteiger charge is 2.31. The highest BCUT2D eigenvalue weighted by molar-refractivity contribution is 5.89. The fraction of sp³-hybridized carbons (Fsp3) is 0.417. The first kappa shape index (κ1) is 19.3. The van der Waals surface area contributed by atoms with Crippen molar-refractivity contribution in [3.8, 4) is 17.1 Å². The normalized spacial score (nSPS) is 19.6. The van der Waals surface area contributed by atoms with Crippen LogP contribution in [0.2, 0.25) is 0 Å². The minimum Gasteiger partial charge on any atom is -0.473 e. The quantitative estimate of drug-likeness (QED) is 0.523. The lowest BCUT2D eigenvalue weighted by Gasteiger charge is -2.20. The fourth-order valence-corrected chi connectivity index (χ4v) is 4.72. The van der Waals surface area contributed by atoms with Crippen LogP contribution in [-0.4, -0.2) is 42.9 Å². The van der Waals surface area contributed by atoms with E-state index in [4.69, 9.17) is 9.72 Å². The monoisotopic (exact) mass is 430 g/mol. The number of carbonyl (C=O) groups is 1. The highest BCUT2D eigenvalue weighted by atomic mass is 16.5. The van der Waals surface area contributed by atoms with Crippen LogP contribution in [0.4, 0.5) is 0 Å². The maximum atomic E-state index is 11.7. The molecule has 1 aliphatic heterocycles. The van der Waals surface area contributed by atoms with Crippen molar-refractivity contribution in [3.63, 3.8) is 0 Å². The number of amides is 1. The Morgan fingerprint density at radius 1 is 1.25 bits per heavy atom. The molecule has 8 nitrogen and oxygen atoms in total. The summed E-state index contributed by atoms with van der Waals surface area (Å²) in [5.74, 6) is 0.812. The van der Waals surface area contributed by atoms with Gasteiger partial charge in [-0.15, -0.1) is 0 Å². The first-order valence-electron chi connectivity index (χ1n) is 11.2. The molecule has 6 rings (SSSR count). The van der Waals surface area contributed by atoms with Gasteiger partial charge in [0.25, 0.3) is 0 Å². The van der Waals surface area contributed by atoms with Gasteiger partial charge in [-0.05, 0) is 44.9 Å². The molecule has 0 bridgehead atoms. The number of ether oxygens (including phenoxy) is 1. The summed E-state index contributed by atoms with van der Waals surface area (Å²) in [7, 11) is 1.96. The largest absolute Gasteiger partial charge is 0.473 e. The summed E-state index contributed by atoms with van der Waals surface area (Å²) in [5, 5.41) is 8.55. The van der Waals surface area contributed by atoms with Gasteiger partial charge in [-0.1, -0.05) is 6.07 Å². The Balaban J connectivity index is 1.45. The van der Waals surface area contributed by atoms with Crippen molar-refractivity contribution >= 4 is 27.8 Å². The summed E-state index contributed by atoms with van der Waals surface area (Å²) in [5.41, 5.74) is 5.74. The molecule has 1 N–H and O–H groups in total. The number of fused-ring (bicyclic) bond motifs is 2. The van der Waals surface area contributed by atoms with E-state index in [2.05, 4.69) is 38.2 Å². The van der Waals surface area contributed by atoms with Crippen molar-refractivity contribution in [2.24, 2.45) is 13.0 Å². The van der Waals surface area contributed by atoms with Crippen LogP contribution in [-0.2, 0) is 11.8 Å². The standard InChI is InChI=1S/C24H26N6O2/c1-13-18-8-15(4-7-21(18)29(3)28-13)19-10-20-23(30(12-26-20)17-5-6-17)24(27-19)32-14(2)16-9-22(31)25-11-16/h4,7-8,10,12,14,16-17H,5-6,9,11H2,1-3H3,(H,25,31)/t14-,16?/m1/s1. The van der Waals surface area contributed by atoms with Crippen LogP contribution in [0.3, 0.4) is 0 Å². The van der Waals surface area contributed by atoms with E-state index in [0.717, 1.165) is 51.7 Å². The second-order valence-electron chi connectivity index (χ2n) is 9.10. The maximum absolute atomic E-state index is 11.7. The molecule has 0 radical (unpaired) electrons. The van der Waals surface area contributed by atoms with Gasteiger partial charge in [-0.2, -0.15) is 5.10 Å². The molecule has 4 heterocycles. The van der Waals surface area contributed by atoms with Crippen molar-refractivity contribution in [2.45, 2.75) is 45.3 Å². The Morgan fingerprint density at radius 3 is 2.84 bits per heavy atom. The third-order valence-corrected chi connectivity index (χ3v) is 6.76. The maximum Gasteiger partial charge on any atom is 0.241 e. The zero-order valence-corrected chi connectivity index (χ0v) is 18.5. The molecular weight excluding hydrogens is 404 g/mol. The lowest BCUT2D eigenvalue weighted by atomic mass is 10.0. The average Bonchev–Trinajstić information content (AvgIpc) is 3.26. The number of hydrogen-bond acceptors (Lipinski definition) is 5. The number of rotatable bonds is 5. The van der Waals surface area contributed by atoms with Crippen LogP contribution >= 0.6 is 0 Å². The molecule has 4 aromatic rings. The van der Waals surface area contributed by atoms with Crippen LogP contribution in [0.15, 0.2) is 30.6 Å². The van der Waals surface area contributed by atoms with Gasteiger partial charge in [0, 0.05) is 42.9 Å². The molecule has 2 fully saturated rings. The summed E-state index contributed by atoms with van der Waals surface area (Å²) >= 11 is 0. The Labute approximate surface area is 185 Å². The minimum atomic E-state index is -0.134. The number of benzene rings is 1. The molecular formula is C24H26N6O2. The summed E-state index contributed by atoms with van der Waals surface area (Å²) in [4.78, 5) is 21.4. The van der Waals surface area contributed by atoms with Gasteiger partial charge in [0.2, 0.25) is 11.8 Å². The highest BCUT2D eigenvalue weighted by Crippen LogP contribution is 2.40. The van der Waals surface area contributed by atoms with Crippen molar-refractivity contribution in [2.75, 3.05) is 6.54 Å². The SMILES string of the molecule is Cc1nn(C)c2ccc(-c3cc4ncn(C5CC5)c4c(O[C@H](C)C4CNC(=O)C4)n3)cc12. The van der Waals surface area contributed by atoms with E-state index < -0.39 is 0 Å². The van der Waals surface area contributed by atoms with Gasteiger partial charge in [-0.3, -0.25) is 9.48 Å². The number of aromatic nitrogens is 5. The van der Waals surface area contributed by atoms with E-state index in [9.17, 15) is 4.79 Å². The predicted octanol–water partition coefficient (Wildman–Crippen LogP) is 3.53. The van der Waals surface area contributed by atoms with Gasteiger partial charge in [-0.25, -0.2) is 9.97 Å². The van der Waals surface area contributed by atoms with Crippen molar-refractivity contribution in [1.29, 1.82) is 0 Å². The molecule has 164 valence electrons. The number of carbonyl (C=O) groups excluding carboxylic acids is 1. The lowest BCUT2D eigenvalue weighted by molar-refractivity contribution is -0.119. The van der Waals surface area contributed by atoms with E-state index in [-0.39, 0.29) is 17.9 Å². The third kappa shape index (κ3) is 3.13. The molecule has 3 aromatic heterocycles. The zero-order chi connectivity index (χ0) is 22.0. The number of imidazole rings is 1. The average molecular weight is 431 g/mol. The second kappa shape index (κ2) is 7.05. The number of aryl methyl sites for hydroxylation is 2. The molecule has 1 aliphatic carbocycles. The Bertz CT molecular complexity index is 1370. The summed E-state index contributed by atoms with van der Waals surface area (Å²) in [6.07, 6.45) is 4.56. The molecule has 1 amide bonds. The zero-order valence-electron chi connectivity index (χ0n) is 18.5. The van der Waals surface area contributed by atoms with Crippen molar-refractivity contribution < 1.29 is 9.53 Å². The molecule has 1 aromatic carbocycles. The van der Waals surface area contributed by atoms with Gasteiger partial charge in [0.05, 0.1) is 28.7 Å². The van der Waals surface area contributed by atoms with Crippen LogP contribution < -0.4 is 10.1 Å². The Kier molecular flexibility index (Phi) is 4.25. The smallest absolute Gasteiger partial charge is 0.241 e. The van der Waals surface area contributed by atoms with E-state index in [1.165, 1.54) is 0 Å². The van der Waals surface area contributed by atoms with Crippen molar-refractivity contribution in [1.82, 2.24) is 29.6 Å². The molecule has 2 atom stereocenters. The summed E-state index contributed by atoms with van der Waals surface area (Å²) < 4.78 is 10.5. The van der Waals surface area contributed by atoms with Crippen LogP contribution in [0.5, 0.6) is 5.88 Å². The topological polar surface area (TPSA) is 86.9 Å². The first-order chi connectivity index (χ1) is 15.5. The van der Waals surface area contributed by atoms with Gasteiger partial charge in [0.15, 0.2) is 0 Å². The van der Waals surface area contributed by atoms with Gasteiger partial charge in [0.1, 0.15) is 11.6 Å². The van der Waals surface area contributed by atoms with Crippen LogP contribution in [0.1, 0.15) is 37.9 Å². The van der Waals surface area contributed by atoms with E-state index in [0.29, 0.717) is 24.9 Å². The predicted molar refractivity (Wildman–Crippen MR) is 121 cm³/mol. The Morgan fingerprint density at radius 2 is 2.09 bits per heavy atom. The molecule has 1 saturated carbocycles. The molecule has 1 unspecified atom stereocenters. The first-order valence-corrected chi connectivity index (χ1v) is 11.2. The van der Waals surface area contributed by atoms with Crippen LogP contribution in [0.25, 0.3) is 33.2 Å². The summed E-state index contributed by atoms with van der Waals surface area (Å²) in [6, 6.07) is 8.80. The fourth-order valence-electron chi connectivity index (χ4n) is 4.72. The lowest BCUT2D eigenvalue weighted by Crippen LogP contribution is -2.26. The molecule has 8 heteroatoms. The number of hydrogen-bond donors (Lipinski definition) is 1. The molecule has 2 aliphatic rings. The van der Waals surface area contributed by atoms with Crippen LogP contribution in [0, 0.1) is 12.8 Å². The summed E-state index contributed by atoms with van der Waals surface area (Å²) in [6.45, 7) is 4.68. The van der Waals surface area contributed by atoms with Crippen molar-refractivity contribution in [3.05, 3.63) is 36.3 Å². The van der Waals surface area contributed by atoms with E-state index >= 15 is 0 Å². The molecule has 0 spiro atoms. The number of pyridine rings is 1. The number of nitrogens with zero attached hydrogens (tertiary/aromatic N) is 5. The Hall–Kier alpha value is -3.42. The second-order valence-corrected chi connectivity index (χ2v) is 9.10.